The average molecular weight is 417 g/mol. The summed E-state index contributed by atoms with van der Waals surface area (Å²) in [5.74, 6) is -1.59. The van der Waals surface area contributed by atoms with Crippen molar-refractivity contribution in [2.24, 2.45) is 0 Å². The van der Waals surface area contributed by atoms with Crippen LogP contribution >= 0.6 is 0 Å². The summed E-state index contributed by atoms with van der Waals surface area (Å²) in [4.78, 5) is 23.7. The number of carboxylic acids is 1. The number of fused-ring (bicyclic) bond motifs is 1. The molecule has 0 aromatic heterocycles. The van der Waals surface area contributed by atoms with Crippen LogP contribution in [0, 0.1) is 0 Å². The number of ether oxygens (including phenoxy) is 1. The molecule has 0 aliphatic heterocycles. The molecule has 1 atom stereocenters. The first-order valence-electron chi connectivity index (χ1n) is 9.01. The van der Waals surface area contributed by atoms with Gasteiger partial charge in [0, 0.05) is 5.39 Å². The SMILES string of the molecule is CC(NC(=O)c1ccc2ccccc2c1OCc1ccc(C(F)(F)F)cc1)C(=O)O. The van der Waals surface area contributed by atoms with Crippen LogP contribution in [0.15, 0.2) is 60.7 Å². The van der Waals surface area contributed by atoms with E-state index in [1.54, 1.807) is 18.2 Å². The van der Waals surface area contributed by atoms with Crippen LogP contribution < -0.4 is 10.1 Å². The van der Waals surface area contributed by atoms with Crippen LogP contribution in [0.4, 0.5) is 13.2 Å². The smallest absolute Gasteiger partial charge is 0.416 e. The molecule has 1 unspecified atom stereocenters. The number of carbonyl (C=O) groups excluding carboxylic acids is 1. The van der Waals surface area contributed by atoms with Gasteiger partial charge in [-0.2, -0.15) is 13.2 Å². The van der Waals surface area contributed by atoms with Gasteiger partial charge in [-0.1, -0.05) is 42.5 Å². The summed E-state index contributed by atoms with van der Waals surface area (Å²) in [6.45, 7) is 1.27. The van der Waals surface area contributed by atoms with Crippen molar-refractivity contribution < 1.29 is 32.6 Å². The number of hydrogen-bond donors (Lipinski definition) is 2. The summed E-state index contributed by atoms with van der Waals surface area (Å²) in [5.41, 5.74) is -0.144. The van der Waals surface area contributed by atoms with E-state index in [1.807, 2.05) is 12.1 Å². The van der Waals surface area contributed by atoms with Gasteiger partial charge in [-0.3, -0.25) is 9.59 Å². The molecule has 3 rings (SSSR count). The number of halogens is 3. The minimum Gasteiger partial charge on any atom is -0.487 e. The molecule has 0 bridgehead atoms. The van der Waals surface area contributed by atoms with E-state index in [0.717, 1.165) is 17.5 Å². The molecule has 0 fully saturated rings. The zero-order valence-electron chi connectivity index (χ0n) is 15.9. The van der Waals surface area contributed by atoms with Crippen molar-refractivity contribution in [2.45, 2.75) is 25.7 Å². The summed E-state index contributed by atoms with van der Waals surface area (Å²) in [7, 11) is 0. The molecule has 0 aliphatic carbocycles. The molecule has 0 spiro atoms. The van der Waals surface area contributed by atoms with Crippen molar-refractivity contribution in [1.82, 2.24) is 5.32 Å². The molecule has 5 nitrogen and oxygen atoms in total. The monoisotopic (exact) mass is 417 g/mol. The Bertz CT molecular complexity index is 1080. The standard InChI is InChI=1S/C22H18F3NO4/c1-13(21(28)29)26-20(27)18-11-8-15-4-2-3-5-17(15)19(18)30-12-14-6-9-16(10-7-14)22(23,24)25/h2-11,13H,12H2,1H3,(H,26,27)(H,28,29). The van der Waals surface area contributed by atoms with E-state index < -0.39 is 29.7 Å². The summed E-state index contributed by atoms with van der Waals surface area (Å²) >= 11 is 0. The summed E-state index contributed by atoms with van der Waals surface area (Å²) in [5, 5.41) is 12.8. The number of hydrogen-bond acceptors (Lipinski definition) is 3. The molecule has 156 valence electrons. The van der Waals surface area contributed by atoms with E-state index in [0.29, 0.717) is 10.9 Å². The fourth-order valence-corrected chi connectivity index (χ4v) is 2.86. The Hall–Kier alpha value is -3.55. The van der Waals surface area contributed by atoms with E-state index in [4.69, 9.17) is 9.84 Å². The lowest BCUT2D eigenvalue weighted by Gasteiger charge is -2.16. The minimum absolute atomic E-state index is 0.0685. The number of carbonyl (C=O) groups is 2. The topological polar surface area (TPSA) is 75.6 Å². The molecule has 3 aromatic carbocycles. The number of nitrogens with one attached hydrogen (secondary N) is 1. The van der Waals surface area contributed by atoms with Gasteiger partial charge in [-0.05, 0) is 36.1 Å². The highest BCUT2D eigenvalue weighted by atomic mass is 19.4. The lowest BCUT2D eigenvalue weighted by Crippen LogP contribution is -2.38. The molecule has 2 N–H and O–H groups in total. The fraction of sp³-hybridized carbons (Fsp3) is 0.182. The van der Waals surface area contributed by atoms with E-state index in [1.165, 1.54) is 25.1 Å². The Balaban J connectivity index is 1.91. The summed E-state index contributed by atoms with van der Waals surface area (Å²) in [6, 6.07) is 13.8. The number of benzene rings is 3. The molecule has 30 heavy (non-hydrogen) atoms. The van der Waals surface area contributed by atoms with Crippen molar-refractivity contribution in [1.29, 1.82) is 0 Å². The maximum absolute atomic E-state index is 12.7. The predicted octanol–water partition coefficient (Wildman–Crippen LogP) is 4.64. The first kappa shape index (κ1) is 21.2. The molecular formula is C22H18F3NO4. The maximum atomic E-state index is 12.7. The third-order valence-corrected chi connectivity index (χ3v) is 4.51. The van der Waals surface area contributed by atoms with Gasteiger partial charge in [0.15, 0.2) is 0 Å². The molecular weight excluding hydrogens is 399 g/mol. The molecule has 3 aromatic rings. The molecule has 8 heteroatoms. The van der Waals surface area contributed by atoms with E-state index >= 15 is 0 Å². The van der Waals surface area contributed by atoms with Crippen LogP contribution in [0.3, 0.4) is 0 Å². The van der Waals surface area contributed by atoms with Crippen LogP contribution in [-0.2, 0) is 17.6 Å². The van der Waals surface area contributed by atoms with Crippen molar-refractivity contribution in [3.8, 4) is 5.75 Å². The van der Waals surface area contributed by atoms with Gasteiger partial charge in [-0.25, -0.2) is 0 Å². The Kier molecular flexibility index (Phi) is 5.96. The number of rotatable bonds is 6. The van der Waals surface area contributed by atoms with Gasteiger partial charge in [-0.15, -0.1) is 0 Å². The van der Waals surface area contributed by atoms with E-state index in [9.17, 15) is 22.8 Å². The molecule has 0 saturated heterocycles. The molecule has 0 saturated carbocycles. The number of carboxylic acid groups (broad SMARTS) is 1. The normalized spacial score (nSPS) is 12.4. The van der Waals surface area contributed by atoms with Crippen molar-refractivity contribution >= 4 is 22.6 Å². The van der Waals surface area contributed by atoms with Crippen LogP contribution in [0.2, 0.25) is 0 Å². The van der Waals surface area contributed by atoms with Crippen molar-refractivity contribution in [3.63, 3.8) is 0 Å². The second-order valence-corrected chi connectivity index (χ2v) is 6.68. The Morgan fingerprint density at radius 1 is 1.03 bits per heavy atom. The molecule has 0 radical (unpaired) electrons. The van der Waals surface area contributed by atoms with Gasteiger partial charge < -0.3 is 15.2 Å². The second kappa shape index (κ2) is 8.44. The van der Waals surface area contributed by atoms with E-state index in [-0.39, 0.29) is 17.9 Å². The Labute approximate surface area is 170 Å². The zero-order valence-corrected chi connectivity index (χ0v) is 15.9. The maximum Gasteiger partial charge on any atom is 0.416 e. The first-order chi connectivity index (χ1) is 14.2. The quantitative estimate of drug-likeness (QED) is 0.613. The van der Waals surface area contributed by atoms with Crippen LogP contribution in [0.1, 0.15) is 28.4 Å². The van der Waals surface area contributed by atoms with Gasteiger partial charge in [0.25, 0.3) is 5.91 Å². The predicted molar refractivity (Wildman–Crippen MR) is 104 cm³/mol. The number of aliphatic carboxylic acids is 1. The van der Waals surface area contributed by atoms with Gasteiger partial charge >= 0.3 is 12.1 Å². The summed E-state index contributed by atoms with van der Waals surface area (Å²) in [6.07, 6.45) is -4.43. The highest BCUT2D eigenvalue weighted by Gasteiger charge is 2.30. The average Bonchev–Trinajstić information content (AvgIpc) is 2.71. The van der Waals surface area contributed by atoms with Crippen LogP contribution in [0.25, 0.3) is 10.8 Å². The number of amides is 1. The third-order valence-electron chi connectivity index (χ3n) is 4.51. The minimum atomic E-state index is -4.43. The molecule has 1 amide bonds. The van der Waals surface area contributed by atoms with Crippen molar-refractivity contribution in [2.75, 3.05) is 0 Å². The van der Waals surface area contributed by atoms with Crippen LogP contribution in [-0.4, -0.2) is 23.0 Å². The van der Waals surface area contributed by atoms with Crippen LogP contribution in [0.5, 0.6) is 5.75 Å². The van der Waals surface area contributed by atoms with Crippen molar-refractivity contribution in [3.05, 3.63) is 77.4 Å². The van der Waals surface area contributed by atoms with Gasteiger partial charge in [0.1, 0.15) is 18.4 Å². The highest BCUT2D eigenvalue weighted by Crippen LogP contribution is 2.32. The molecule has 0 aliphatic rings. The Morgan fingerprint density at radius 3 is 2.33 bits per heavy atom. The third kappa shape index (κ3) is 4.71. The Morgan fingerprint density at radius 2 is 1.70 bits per heavy atom. The van der Waals surface area contributed by atoms with Gasteiger partial charge in [0.2, 0.25) is 0 Å². The largest absolute Gasteiger partial charge is 0.487 e. The fourth-order valence-electron chi connectivity index (χ4n) is 2.86. The second-order valence-electron chi connectivity index (χ2n) is 6.68. The van der Waals surface area contributed by atoms with E-state index in [2.05, 4.69) is 5.32 Å². The van der Waals surface area contributed by atoms with Gasteiger partial charge in [0.05, 0.1) is 11.1 Å². The molecule has 0 heterocycles. The zero-order chi connectivity index (χ0) is 21.9. The lowest BCUT2D eigenvalue weighted by atomic mass is 10.0. The summed E-state index contributed by atoms with van der Waals surface area (Å²) < 4.78 is 44.0. The number of alkyl halides is 3. The first-order valence-corrected chi connectivity index (χ1v) is 9.01. The highest BCUT2D eigenvalue weighted by molar-refractivity contribution is 6.04. The lowest BCUT2D eigenvalue weighted by molar-refractivity contribution is -0.139.